The average Bonchev–Trinajstić information content (AvgIpc) is 3.51. The van der Waals surface area contributed by atoms with Crippen LogP contribution in [0.4, 0.5) is 0 Å². The maximum Gasteiger partial charge on any atom is 0.269 e. The maximum absolute atomic E-state index is 13.0. The van der Waals surface area contributed by atoms with Crippen molar-refractivity contribution >= 4 is 32.9 Å². The highest BCUT2D eigenvalue weighted by molar-refractivity contribution is 7.89. The highest BCUT2D eigenvalue weighted by atomic mass is 32.2. The van der Waals surface area contributed by atoms with Crippen molar-refractivity contribution in [3.63, 3.8) is 0 Å². The number of aryl methyl sites for hydroxylation is 3. The van der Waals surface area contributed by atoms with Gasteiger partial charge in [-0.25, -0.2) is 13.4 Å². The maximum atomic E-state index is 13.0. The van der Waals surface area contributed by atoms with Crippen LogP contribution < -0.4 is 10.9 Å². The minimum Gasteiger partial charge on any atom is -0.328 e. The van der Waals surface area contributed by atoms with E-state index in [4.69, 9.17) is 0 Å². The summed E-state index contributed by atoms with van der Waals surface area (Å²) >= 11 is 0. The number of hydrogen-bond donors (Lipinski definition) is 2. The van der Waals surface area contributed by atoms with Crippen LogP contribution in [0.2, 0.25) is 0 Å². The molecule has 2 N–H and O–H groups in total. The molecule has 2 aromatic carbocycles. The van der Waals surface area contributed by atoms with Crippen LogP contribution >= 0.6 is 0 Å². The van der Waals surface area contributed by atoms with Gasteiger partial charge in [-0.3, -0.25) is 20.4 Å². The van der Waals surface area contributed by atoms with Crippen molar-refractivity contribution < 1.29 is 18.0 Å². The number of aromatic nitrogens is 2. The molecule has 1 aromatic heterocycles. The van der Waals surface area contributed by atoms with Crippen LogP contribution in [-0.2, 0) is 27.8 Å². The number of rotatable bonds is 8. The molecule has 3 aromatic rings. The molecule has 0 bridgehead atoms. The second kappa shape index (κ2) is 10.6. The first-order valence-corrected chi connectivity index (χ1v) is 13.4. The van der Waals surface area contributed by atoms with E-state index < -0.39 is 10.0 Å². The Morgan fingerprint density at radius 1 is 1.03 bits per heavy atom. The number of imidazole rings is 1. The Morgan fingerprint density at radius 2 is 1.74 bits per heavy atom. The van der Waals surface area contributed by atoms with E-state index in [9.17, 15) is 18.0 Å². The molecule has 4 rings (SSSR count). The van der Waals surface area contributed by atoms with E-state index in [1.54, 1.807) is 30.3 Å². The largest absolute Gasteiger partial charge is 0.328 e. The van der Waals surface area contributed by atoms with Crippen molar-refractivity contribution in [3.05, 3.63) is 59.4 Å². The summed E-state index contributed by atoms with van der Waals surface area (Å²) in [6.45, 7) is 5.78. The van der Waals surface area contributed by atoms with Crippen LogP contribution in [0.1, 0.15) is 54.4 Å². The van der Waals surface area contributed by atoms with Crippen LogP contribution in [0.3, 0.4) is 0 Å². The van der Waals surface area contributed by atoms with Gasteiger partial charge in [-0.1, -0.05) is 24.6 Å². The van der Waals surface area contributed by atoms with Crippen molar-refractivity contribution in [1.29, 1.82) is 0 Å². The van der Waals surface area contributed by atoms with Gasteiger partial charge in [0.1, 0.15) is 5.82 Å². The standard InChI is InChI=1S/C25H31N5O4S/c1-3-14-30-22-11-10-20(35(33,34)29-15-4-5-16-29)17-21(22)26-23(30)12-13-24(31)27-28-25(32)19-8-6-18(2)7-9-19/h6-11,17H,3-5,12-16H2,1-2H3,(H,27,31)(H,28,32). The topological polar surface area (TPSA) is 113 Å². The number of hydrogen-bond acceptors (Lipinski definition) is 5. The number of benzene rings is 2. The van der Waals surface area contributed by atoms with E-state index in [0.717, 1.165) is 30.3 Å². The van der Waals surface area contributed by atoms with Crippen molar-refractivity contribution in [3.8, 4) is 0 Å². The van der Waals surface area contributed by atoms with Crippen molar-refractivity contribution in [2.24, 2.45) is 0 Å². The number of carbonyl (C=O) groups excluding carboxylic acids is 2. The molecule has 0 saturated carbocycles. The minimum atomic E-state index is -3.53. The Kier molecular flexibility index (Phi) is 7.51. The van der Waals surface area contributed by atoms with Gasteiger partial charge in [-0.05, 0) is 56.5 Å². The Bertz CT molecular complexity index is 1330. The molecule has 0 aliphatic carbocycles. The summed E-state index contributed by atoms with van der Waals surface area (Å²) in [6, 6.07) is 12.1. The summed E-state index contributed by atoms with van der Waals surface area (Å²) in [7, 11) is -3.53. The number of carbonyl (C=O) groups is 2. The van der Waals surface area contributed by atoms with Gasteiger partial charge in [-0.2, -0.15) is 4.31 Å². The number of amides is 2. The van der Waals surface area contributed by atoms with Crippen LogP contribution in [0.15, 0.2) is 47.4 Å². The first-order valence-electron chi connectivity index (χ1n) is 11.9. The first-order chi connectivity index (χ1) is 16.8. The molecule has 9 nitrogen and oxygen atoms in total. The molecule has 0 radical (unpaired) electrons. The van der Waals surface area contributed by atoms with E-state index >= 15 is 0 Å². The Balaban J connectivity index is 1.45. The lowest BCUT2D eigenvalue weighted by molar-refractivity contribution is -0.121. The molecular weight excluding hydrogens is 466 g/mol. The zero-order valence-electron chi connectivity index (χ0n) is 20.1. The zero-order chi connectivity index (χ0) is 25.0. The highest BCUT2D eigenvalue weighted by Crippen LogP contribution is 2.25. The van der Waals surface area contributed by atoms with Gasteiger partial charge in [0.15, 0.2) is 0 Å². The van der Waals surface area contributed by atoms with Crippen LogP contribution in [0.25, 0.3) is 11.0 Å². The number of hydrazine groups is 1. The molecule has 0 atom stereocenters. The van der Waals surface area contributed by atoms with E-state index in [1.165, 1.54) is 4.31 Å². The second-order valence-electron chi connectivity index (χ2n) is 8.81. The molecule has 186 valence electrons. The summed E-state index contributed by atoms with van der Waals surface area (Å²) in [6.07, 6.45) is 3.11. The Hall–Kier alpha value is -3.24. The number of nitrogens with one attached hydrogen (secondary N) is 2. The predicted octanol–water partition coefficient (Wildman–Crippen LogP) is 2.93. The summed E-state index contributed by atoms with van der Waals surface area (Å²) in [5.41, 5.74) is 7.83. The van der Waals surface area contributed by atoms with Crippen molar-refractivity contribution in [1.82, 2.24) is 24.7 Å². The molecule has 0 spiro atoms. The van der Waals surface area contributed by atoms with Gasteiger partial charge in [0.05, 0.1) is 15.9 Å². The molecule has 0 unspecified atom stereocenters. The fourth-order valence-electron chi connectivity index (χ4n) is 4.25. The Labute approximate surface area is 205 Å². The SMILES string of the molecule is CCCn1c(CCC(=O)NNC(=O)c2ccc(C)cc2)nc2cc(S(=O)(=O)N3CCCC3)ccc21. The van der Waals surface area contributed by atoms with Gasteiger partial charge in [0.25, 0.3) is 5.91 Å². The van der Waals surface area contributed by atoms with E-state index in [0.29, 0.717) is 43.0 Å². The molecule has 10 heteroatoms. The lowest BCUT2D eigenvalue weighted by Gasteiger charge is -2.15. The van der Waals surface area contributed by atoms with E-state index in [1.807, 2.05) is 23.6 Å². The third-order valence-electron chi connectivity index (χ3n) is 6.15. The number of nitrogens with zero attached hydrogens (tertiary/aromatic N) is 3. The van der Waals surface area contributed by atoms with Crippen molar-refractivity contribution in [2.45, 2.75) is 57.4 Å². The Morgan fingerprint density at radius 3 is 2.43 bits per heavy atom. The second-order valence-corrected chi connectivity index (χ2v) is 10.7. The molecule has 1 aliphatic heterocycles. The summed E-state index contributed by atoms with van der Waals surface area (Å²) in [4.78, 5) is 29.5. The highest BCUT2D eigenvalue weighted by Gasteiger charge is 2.28. The van der Waals surface area contributed by atoms with Gasteiger partial charge < -0.3 is 4.57 Å². The third kappa shape index (κ3) is 5.54. The predicted molar refractivity (Wildman–Crippen MR) is 133 cm³/mol. The fourth-order valence-corrected chi connectivity index (χ4v) is 5.79. The number of fused-ring (bicyclic) bond motifs is 1. The molecule has 2 amide bonds. The van der Waals surface area contributed by atoms with Crippen LogP contribution in [0, 0.1) is 6.92 Å². The molecule has 1 aliphatic rings. The van der Waals surface area contributed by atoms with E-state index in [-0.39, 0.29) is 23.1 Å². The van der Waals surface area contributed by atoms with Gasteiger partial charge in [0, 0.05) is 38.0 Å². The summed E-state index contributed by atoms with van der Waals surface area (Å²) in [5.74, 6) is -0.0150. The van der Waals surface area contributed by atoms with Crippen LogP contribution in [0.5, 0.6) is 0 Å². The van der Waals surface area contributed by atoms with Gasteiger partial charge in [0.2, 0.25) is 15.9 Å². The molecular formula is C25H31N5O4S. The zero-order valence-corrected chi connectivity index (χ0v) is 20.9. The monoisotopic (exact) mass is 497 g/mol. The van der Waals surface area contributed by atoms with Crippen LogP contribution in [-0.4, -0.2) is 47.2 Å². The molecule has 35 heavy (non-hydrogen) atoms. The van der Waals surface area contributed by atoms with Gasteiger partial charge in [-0.15, -0.1) is 0 Å². The molecule has 1 saturated heterocycles. The molecule has 2 heterocycles. The first kappa shape index (κ1) is 24.9. The summed E-state index contributed by atoms with van der Waals surface area (Å²) < 4.78 is 29.5. The van der Waals surface area contributed by atoms with E-state index in [2.05, 4.69) is 22.8 Å². The minimum absolute atomic E-state index is 0.125. The average molecular weight is 498 g/mol. The lowest BCUT2D eigenvalue weighted by atomic mass is 10.1. The van der Waals surface area contributed by atoms with Gasteiger partial charge >= 0.3 is 0 Å². The normalized spacial score (nSPS) is 14.3. The lowest BCUT2D eigenvalue weighted by Crippen LogP contribution is -2.41. The third-order valence-corrected chi connectivity index (χ3v) is 8.05. The number of sulfonamides is 1. The van der Waals surface area contributed by atoms with Crippen molar-refractivity contribution in [2.75, 3.05) is 13.1 Å². The quantitative estimate of drug-likeness (QED) is 0.465. The fraction of sp³-hybridized carbons (Fsp3) is 0.400. The molecule has 1 fully saturated rings. The summed E-state index contributed by atoms with van der Waals surface area (Å²) in [5, 5.41) is 0. The smallest absolute Gasteiger partial charge is 0.269 e.